The third-order valence-electron chi connectivity index (χ3n) is 3.11. The molecular formula is C15H22N2O3. The molecule has 0 saturated carbocycles. The van der Waals surface area contributed by atoms with Gasteiger partial charge in [0, 0.05) is 19.3 Å². The molecule has 0 radical (unpaired) electrons. The molecule has 0 spiro atoms. The number of anilines is 1. The molecule has 0 aromatic heterocycles. The number of rotatable bonds is 6. The molecule has 0 aliphatic carbocycles. The van der Waals surface area contributed by atoms with Crippen molar-refractivity contribution in [1.29, 1.82) is 0 Å². The first-order valence-corrected chi connectivity index (χ1v) is 6.53. The summed E-state index contributed by atoms with van der Waals surface area (Å²) in [5.74, 6) is -0.531. The number of hydrogen-bond donors (Lipinski definition) is 0. The second kappa shape index (κ2) is 7.65. The maximum atomic E-state index is 12.1. The van der Waals surface area contributed by atoms with Crippen molar-refractivity contribution in [2.45, 2.75) is 6.92 Å². The molecule has 1 aromatic rings. The van der Waals surface area contributed by atoms with Crippen molar-refractivity contribution >= 4 is 17.6 Å². The molecule has 5 nitrogen and oxygen atoms in total. The van der Waals surface area contributed by atoms with Crippen molar-refractivity contribution in [3.63, 3.8) is 0 Å². The first-order valence-electron chi connectivity index (χ1n) is 6.53. The second-order valence-electron chi connectivity index (χ2n) is 4.91. The summed E-state index contributed by atoms with van der Waals surface area (Å²) < 4.78 is 4.67. The van der Waals surface area contributed by atoms with Crippen LogP contribution in [0, 0.1) is 5.92 Å². The molecule has 20 heavy (non-hydrogen) atoms. The van der Waals surface area contributed by atoms with E-state index < -0.39 is 0 Å². The normalized spacial score (nSPS) is 12.1. The van der Waals surface area contributed by atoms with E-state index in [1.54, 1.807) is 18.9 Å². The Kier molecular flexibility index (Phi) is 6.18. The van der Waals surface area contributed by atoms with Gasteiger partial charge < -0.3 is 9.64 Å². The Morgan fingerprint density at radius 3 is 2.35 bits per heavy atom. The van der Waals surface area contributed by atoms with Gasteiger partial charge in [-0.05, 0) is 19.2 Å². The van der Waals surface area contributed by atoms with E-state index in [1.165, 1.54) is 7.11 Å². The van der Waals surface area contributed by atoms with Crippen LogP contribution in [0.5, 0.6) is 0 Å². The number of likely N-dealkylation sites (N-methyl/N-ethyl adjacent to an activating group) is 2. The summed E-state index contributed by atoms with van der Waals surface area (Å²) in [6.45, 7) is 2.53. The highest BCUT2D eigenvalue weighted by Gasteiger charge is 2.18. The Bertz CT molecular complexity index is 448. The Hall–Kier alpha value is -1.88. The molecule has 0 fully saturated rings. The molecule has 1 rings (SSSR count). The Morgan fingerprint density at radius 2 is 1.80 bits per heavy atom. The van der Waals surface area contributed by atoms with Crippen molar-refractivity contribution in [3.05, 3.63) is 30.3 Å². The van der Waals surface area contributed by atoms with Gasteiger partial charge in [0.2, 0.25) is 5.91 Å². The number of esters is 1. The van der Waals surface area contributed by atoms with E-state index >= 15 is 0 Å². The van der Waals surface area contributed by atoms with Gasteiger partial charge in [0.25, 0.3) is 0 Å². The summed E-state index contributed by atoms with van der Waals surface area (Å²) in [4.78, 5) is 26.9. The summed E-state index contributed by atoms with van der Waals surface area (Å²) >= 11 is 0. The van der Waals surface area contributed by atoms with Gasteiger partial charge in [0.1, 0.15) is 0 Å². The first kappa shape index (κ1) is 16.2. The van der Waals surface area contributed by atoms with Crippen LogP contribution >= 0.6 is 0 Å². The third-order valence-corrected chi connectivity index (χ3v) is 3.11. The minimum atomic E-state index is -0.263. The molecule has 0 aliphatic heterocycles. The van der Waals surface area contributed by atoms with Gasteiger partial charge in [-0.25, -0.2) is 0 Å². The number of amides is 1. The lowest BCUT2D eigenvalue weighted by Gasteiger charge is -2.23. The average molecular weight is 278 g/mol. The fourth-order valence-corrected chi connectivity index (χ4v) is 1.94. The van der Waals surface area contributed by atoms with E-state index in [9.17, 15) is 9.59 Å². The zero-order valence-corrected chi connectivity index (χ0v) is 12.5. The van der Waals surface area contributed by atoms with Crippen molar-refractivity contribution in [2.75, 3.05) is 39.2 Å². The molecule has 0 N–H and O–H groups in total. The van der Waals surface area contributed by atoms with E-state index in [1.807, 2.05) is 42.3 Å². The largest absolute Gasteiger partial charge is 0.469 e. The number of para-hydroxylation sites is 1. The quantitative estimate of drug-likeness (QED) is 0.738. The lowest BCUT2D eigenvalue weighted by Crippen LogP contribution is -2.39. The van der Waals surface area contributed by atoms with Gasteiger partial charge in [-0.3, -0.25) is 14.5 Å². The number of methoxy groups -OCH3 is 1. The molecule has 5 heteroatoms. The van der Waals surface area contributed by atoms with E-state index in [4.69, 9.17) is 0 Å². The molecule has 0 aliphatic rings. The molecule has 0 bridgehead atoms. The van der Waals surface area contributed by atoms with Crippen molar-refractivity contribution < 1.29 is 14.3 Å². The smallest absolute Gasteiger partial charge is 0.309 e. The van der Waals surface area contributed by atoms with Gasteiger partial charge in [-0.15, -0.1) is 0 Å². The van der Waals surface area contributed by atoms with E-state index in [2.05, 4.69) is 4.74 Å². The second-order valence-corrected chi connectivity index (χ2v) is 4.91. The average Bonchev–Trinajstić information content (AvgIpc) is 2.46. The minimum absolute atomic E-state index is 0.0178. The topological polar surface area (TPSA) is 49.9 Å². The van der Waals surface area contributed by atoms with Gasteiger partial charge in [0.15, 0.2) is 0 Å². The van der Waals surface area contributed by atoms with Crippen molar-refractivity contribution in [2.24, 2.45) is 5.92 Å². The van der Waals surface area contributed by atoms with Gasteiger partial charge >= 0.3 is 5.97 Å². The molecular weight excluding hydrogens is 256 g/mol. The molecule has 0 heterocycles. The number of hydrogen-bond acceptors (Lipinski definition) is 4. The highest BCUT2D eigenvalue weighted by Crippen LogP contribution is 2.11. The molecule has 110 valence electrons. The van der Waals surface area contributed by atoms with E-state index in [-0.39, 0.29) is 24.3 Å². The SMILES string of the molecule is COC(=O)C(C)CN(C)CC(=O)N(C)c1ccccc1. The van der Waals surface area contributed by atoms with Crippen LogP contribution in [-0.2, 0) is 14.3 Å². The number of carbonyl (C=O) groups is 2. The summed E-state index contributed by atoms with van der Waals surface area (Å²) in [5.41, 5.74) is 0.854. The number of nitrogens with zero attached hydrogens (tertiary/aromatic N) is 2. The van der Waals surface area contributed by atoms with Gasteiger partial charge in [-0.1, -0.05) is 25.1 Å². The molecule has 0 saturated heterocycles. The van der Waals surface area contributed by atoms with Crippen LogP contribution in [0.15, 0.2) is 30.3 Å². The van der Waals surface area contributed by atoms with E-state index in [0.29, 0.717) is 6.54 Å². The highest BCUT2D eigenvalue weighted by molar-refractivity contribution is 5.94. The maximum absolute atomic E-state index is 12.1. The Labute approximate surface area is 120 Å². The Balaban J connectivity index is 2.51. The van der Waals surface area contributed by atoms with E-state index in [0.717, 1.165) is 5.69 Å². The Morgan fingerprint density at radius 1 is 1.20 bits per heavy atom. The van der Waals surface area contributed by atoms with Gasteiger partial charge in [0.05, 0.1) is 19.6 Å². The predicted octanol–water partition coefficient (Wildman–Crippen LogP) is 1.39. The monoisotopic (exact) mass is 278 g/mol. The summed E-state index contributed by atoms with van der Waals surface area (Å²) in [6.07, 6.45) is 0. The lowest BCUT2D eigenvalue weighted by atomic mass is 10.2. The third kappa shape index (κ3) is 4.66. The summed E-state index contributed by atoms with van der Waals surface area (Å²) in [5, 5.41) is 0. The zero-order chi connectivity index (χ0) is 15.1. The predicted molar refractivity (Wildman–Crippen MR) is 78.5 cm³/mol. The number of benzene rings is 1. The van der Waals surface area contributed by atoms with Crippen LogP contribution in [-0.4, -0.2) is 51.1 Å². The minimum Gasteiger partial charge on any atom is -0.469 e. The highest BCUT2D eigenvalue weighted by atomic mass is 16.5. The molecule has 1 unspecified atom stereocenters. The molecule has 1 aromatic carbocycles. The molecule has 1 amide bonds. The number of ether oxygens (including phenoxy) is 1. The van der Waals surface area contributed by atoms with Crippen LogP contribution in [0.4, 0.5) is 5.69 Å². The first-order chi connectivity index (χ1) is 9.45. The van der Waals surface area contributed by atoms with Crippen LogP contribution in [0.2, 0.25) is 0 Å². The lowest BCUT2D eigenvalue weighted by molar-refractivity contribution is -0.145. The van der Waals surface area contributed by atoms with Crippen molar-refractivity contribution in [1.82, 2.24) is 4.90 Å². The van der Waals surface area contributed by atoms with Gasteiger partial charge in [-0.2, -0.15) is 0 Å². The fraction of sp³-hybridized carbons (Fsp3) is 0.467. The van der Waals surface area contributed by atoms with Crippen LogP contribution in [0.3, 0.4) is 0 Å². The summed E-state index contributed by atoms with van der Waals surface area (Å²) in [6, 6.07) is 9.46. The van der Waals surface area contributed by atoms with Crippen LogP contribution in [0.1, 0.15) is 6.92 Å². The number of carbonyl (C=O) groups excluding carboxylic acids is 2. The van der Waals surface area contributed by atoms with Crippen LogP contribution in [0.25, 0.3) is 0 Å². The molecule has 1 atom stereocenters. The standard InChI is InChI=1S/C15H22N2O3/c1-12(15(19)20-4)10-16(2)11-14(18)17(3)13-8-6-5-7-9-13/h5-9,12H,10-11H2,1-4H3. The zero-order valence-electron chi connectivity index (χ0n) is 12.5. The maximum Gasteiger partial charge on any atom is 0.309 e. The summed E-state index contributed by atoms with van der Waals surface area (Å²) in [7, 11) is 4.93. The fourth-order valence-electron chi connectivity index (χ4n) is 1.94. The van der Waals surface area contributed by atoms with Crippen LogP contribution < -0.4 is 4.90 Å². The van der Waals surface area contributed by atoms with Crippen molar-refractivity contribution in [3.8, 4) is 0 Å².